The molecule has 6 nitrogen and oxygen atoms in total. The minimum absolute atomic E-state index is 0.0993. The smallest absolute Gasteiger partial charge is 0.258 e. The number of para-hydroxylation sites is 1. The summed E-state index contributed by atoms with van der Waals surface area (Å²) in [6.45, 7) is 2.24. The summed E-state index contributed by atoms with van der Waals surface area (Å²) < 4.78 is 1.85. The highest BCUT2D eigenvalue weighted by atomic mass is 32.1. The number of rotatable bonds is 6. The number of thiocarbonyl (C=S) groups is 1. The van der Waals surface area contributed by atoms with Crippen LogP contribution in [0.5, 0.6) is 0 Å². The molecule has 2 amide bonds. The number of hydrogen-bond acceptors (Lipinski definition) is 3. The maximum atomic E-state index is 12.0. The van der Waals surface area contributed by atoms with E-state index in [1.165, 1.54) is 0 Å². The molecular weight excluding hydrogens is 324 g/mol. The van der Waals surface area contributed by atoms with Gasteiger partial charge < -0.3 is 9.88 Å². The SMILES string of the molecule is CCCCCC(=O)NC(=S)NNC(=O)Cn1ccc2ccccc21. The summed E-state index contributed by atoms with van der Waals surface area (Å²) in [5.74, 6) is -0.398. The van der Waals surface area contributed by atoms with Crippen molar-refractivity contribution < 1.29 is 9.59 Å². The van der Waals surface area contributed by atoms with Crippen LogP contribution in [0.25, 0.3) is 10.9 Å². The molecule has 0 spiro atoms. The fraction of sp³-hybridized carbons (Fsp3) is 0.353. The van der Waals surface area contributed by atoms with Crippen molar-refractivity contribution in [3.05, 3.63) is 36.5 Å². The van der Waals surface area contributed by atoms with E-state index >= 15 is 0 Å². The summed E-state index contributed by atoms with van der Waals surface area (Å²) in [5.41, 5.74) is 6.03. The molecule has 2 aromatic rings. The van der Waals surface area contributed by atoms with Gasteiger partial charge in [-0.1, -0.05) is 38.0 Å². The minimum Gasteiger partial charge on any atom is -0.338 e. The van der Waals surface area contributed by atoms with Gasteiger partial charge in [-0.2, -0.15) is 0 Å². The third-order valence-electron chi connectivity index (χ3n) is 3.57. The molecule has 1 heterocycles. The lowest BCUT2D eigenvalue weighted by molar-refractivity contribution is -0.122. The molecule has 0 fully saturated rings. The van der Waals surface area contributed by atoms with Crippen LogP contribution < -0.4 is 16.2 Å². The summed E-state index contributed by atoms with van der Waals surface area (Å²) in [7, 11) is 0. The number of unbranched alkanes of at least 4 members (excludes halogenated alkanes) is 2. The minimum atomic E-state index is -0.251. The van der Waals surface area contributed by atoms with Crippen LogP contribution in [-0.2, 0) is 16.1 Å². The molecule has 1 aromatic heterocycles. The Kier molecular flexibility index (Phi) is 6.74. The van der Waals surface area contributed by atoms with Crippen LogP contribution in [0.2, 0.25) is 0 Å². The third kappa shape index (κ3) is 5.34. The molecular formula is C17H22N4O2S. The highest BCUT2D eigenvalue weighted by Crippen LogP contribution is 2.14. The standard InChI is InChI=1S/C17H22N4O2S/c1-2-3-4-9-15(22)18-17(24)20-19-16(23)12-21-11-10-13-7-5-6-8-14(13)21/h5-8,10-11H,2-4,9,12H2,1H3,(H,19,23)(H2,18,20,22,24). The van der Waals surface area contributed by atoms with Crippen molar-refractivity contribution in [2.75, 3.05) is 0 Å². The highest BCUT2D eigenvalue weighted by molar-refractivity contribution is 7.80. The fourth-order valence-corrected chi connectivity index (χ4v) is 2.52. The van der Waals surface area contributed by atoms with Crippen molar-refractivity contribution in [1.29, 1.82) is 0 Å². The van der Waals surface area contributed by atoms with Gasteiger partial charge in [-0.3, -0.25) is 20.4 Å². The lowest BCUT2D eigenvalue weighted by atomic mass is 10.2. The molecule has 2 rings (SSSR count). The molecule has 1 aromatic carbocycles. The van der Waals surface area contributed by atoms with Gasteiger partial charge in [0.05, 0.1) is 0 Å². The lowest BCUT2D eigenvalue weighted by Gasteiger charge is -2.11. The zero-order valence-electron chi connectivity index (χ0n) is 13.7. The molecule has 0 atom stereocenters. The van der Waals surface area contributed by atoms with Gasteiger partial charge in [-0.25, -0.2) is 0 Å². The summed E-state index contributed by atoms with van der Waals surface area (Å²) in [6.07, 6.45) is 5.18. The predicted octanol–water partition coefficient (Wildman–Crippen LogP) is 2.24. The molecule has 0 saturated heterocycles. The van der Waals surface area contributed by atoms with Crippen molar-refractivity contribution in [3.8, 4) is 0 Å². The Morgan fingerprint density at radius 2 is 1.88 bits per heavy atom. The van der Waals surface area contributed by atoms with Gasteiger partial charge in [0.15, 0.2) is 5.11 Å². The first-order chi connectivity index (χ1) is 11.6. The van der Waals surface area contributed by atoms with Gasteiger partial charge in [-0.15, -0.1) is 0 Å². The monoisotopic (exact) mass is 346 g/mol. The van der Waals surface area contributed by atoms with Gasteiger partial charge in [0.2, 0.25) is 5.91 Å². The van der Waals surface area contributed by atoms with Gasteiger partial charge in [-0.05, 0) is 36.2 Å². The number of benzene rings is 1. The normalized spacial score (nSPS) is 10.4. The van der Waals surface area contributed by atoms with E-state index in [4.69, 9.17) is 12.2 Å². The van der Waals surface area contributed by atoms with Crippen molar-refractivity contribution in [1.82, 2.24) is 20.7 Å². The van der Waals surface area contributed by atoms with E-state index in [1.54, 1.807) is 0 Å². The Bertz CT molecular complexity index is 726. The van der Waals surface area contributed by atoms with Crippen LogP contribution >= 0.6 is 12.2 Å². The van der Waals surface area contributed by atoms with Crippen LogP contribution in [0.4, 0.5) is 0 Å². The van der Waals surface area contributed by atoms with Crippen LogP contribution in [-0.4, -0.2) is 21.5 Å². The lowest BCUT2D eigenvalue weighted by Crippen LogP contribution is -2.49. The number of hydrazine groups is 1. The zero-order valence-corrected chi connectivity index (χ0v) is 14.5. The van der Waals surface area contributed by atoms with Crippen LogP contribution in [0, 0.1) is 0 Å². The van der Waals surface area contributed by atoms with E-state index in [1.807, 2.05) is 41.1 Å². The van der Waals surface area contributed by atoms with Crippen molar-refractivity contribution in [2.24, 2.45) is 0 Å². The Balaban J connectivity index is 1.75. The molecule has 0 unspecified atom stereocenters. The predicted molar refractivity (Wildman–Crippen MR) is 98.1 cm³/mol. The van der Waals surface area contributed by atoms with Crippen molar-refractivity contribution in [2.45, 2.75) is 39.2 Å². The second-order valence-corrected chi connectivity index (χ2v) is 5.92. The topological polar surface area (TPSA) is 75.2 Å². The summed E-state index contributed by atoms with van der Waals surface area (Å²) in [4.78, 5) is 23.6. The Morgan fingerprint density at radius 3 is 2.67 bits per heavy atom. The summed E-state index contributed by atoms with van der Waals surface area (Å²) in [5, 5.41) is 3.72. The van der Waals surface area contributed by atoms with E-state index < -0.39 is 0 Å². The van der Waals surface area contributed by atoms with Gasteiger partial charge in [0.1, 0.15) is 6.54 Å². The molecule has 0 aliphatic carbocycles. The molecule has 3 N–H and O–H groups in total. The van der Waals surface area contributed by atoms with E-state index in [-0.39, 0.29) is 23.5 Å². The van der Waals surface area contributed by atoms with Gasteiger partial charge in [0.25, 0.3) is 5.91 Å². The van der Waals surface area contributed by atoms with E-state index in [0.717, 1.165) is 30.2 Å². The van der Waals surface area contributed by atoms with Crippen molar-refractivity contribution in [3.63, 3.8) is 0 Å². The maximum absolute atomic E-state index is 12.0. The average molecular weight is 346 g/mol. The summed E-state index contributed by atoms with van der Waals surface area (Å²) >= 11 is 4.99. The molecule has 24 heavy (non-hydrogen) atoms. The van der Waals surface area contributed by atoms with Crippen molar-refractivity contribution >= 4 is 40.0 Å². The number of carbonyl (C=O) groups excluding carboxylic acids is 2. The zero-order chi connectivity index (χ0) is 17.4. The highest BCUT2D eigenvalue weighted by Gasteiger charge is 2.08. The molecule has 0 aliphatic heterocycles. The Labute approximate surface area is 146 Å². The first-order valence-electron chi connectivity index (χ1n) is 8.02. The Hall–Kier alpha value is -2.41. The van der Waals surface area contributed by atoms with E-state index in [9.17, 15) is 9.59 Å². The maximum Gasteiger partial charge on any atom is 0.258 e. The number of aromatic nitrogens is 1. The number of carbonyl (C=O) groups is 2. The molecule has 0 saturated carbocycles. The molecule has 0 aliphatic rings. The van der Waals surface area contributed by atoms with Crippen LogP contribution in [0.1, 0.15) is 32.6 Å². The number of fused-ring (bicyclic) bond motifs is 1. The van der Waals surface area contributed by atoms with Crippen LogP contribution in [0.15, 0.2) is 36.5 Å². The average Bonchev–Trinajstić information content (AvgIpc) is 2.96. The number of nitrogens with zero attached hydrogens (tertiary/aromatic N) is 1. The molecule has 0 radical (unpaired) electrons. The van der Waals surface area contributed by atoms with E-state index in [0.29, 0.717) is 6.42 Å². The Morgan fingerprint density at radius 1 is 1.08 bits per heavy atom. The second kappa shape index (κ2) is 9.02. The van der Waals surface area contributed by atoms with Gasteiger partial charge in [0, 0.05) is 18.1 Å². The largest absolute Gasteiger partial charge is 0.338 e. The first kappa shape index (κ1) is 17.9. The van der Waals surface area contributed by atoms with Gasteiger partial charge >= 0.3 is 0 Å². The van der Waals surface area contributed by atoms with Crippen LogP contribution in [0.3, 0.4) is 0 Å². The molecule has 0 bridgehead atoms. The first-order valence-corrected chi connectivity index (χ1v) is 8.43. The fourth-order valence-electron chi connectivity index (χ4n) is 2.36. The molecule has 7 heteroatoms. The van der Waals surface area contributed by atoms with E-state index in [2.05, 4.69) is 23.1 Å². The summed E-state index contributed by atoms with van der Waals surface area (Å²) in [6, 6.07) is 9.79. The second-order valence-electron chi connectivity index (χ2n) is 5.51. The number of amides is 2. The third-order valence-corrected chi connectivity index (χ3v) is 3.77. The number of nitrogens with one attached hydrogen (secondary N) is 3. The molecule has 128 valence electrons. The quantitative estimate of drug-likeness (QED) is 0.426. The number of hydrogen-bond donors (Lipinski definition) is 3.